The highest BCUT2D eigenvalue weighted by atomic mass is 16.2. The maximum atomic E-state index is 11.9. The standard InChI is InChI=1S/C15H20N2O/c1-17-14(18)8-7-11-4-2-5-12(15(11)17)10-13-6-3-9-16-13/h2,4-5,13,16H,3,6-10H2,1H3. The van der Waals surface area contributed by atoms with Crippen LogP contribution in [0, 0.1) is 0 Å². The van der Waals surface area contributed by atoms with Gasteiger partial charge in [-0.1, -0.05) is 18.2 Å². The summed E-state index contributed by atoms with van der Waals surface area (Å²) < 4.78 is 0. The molecule has 1 fully saturated rings. The Hall–Kier alpha value is -1.35. The number of hydrogen-bond acceptors (Lipinski definition) is 2. The van der Waals surface area contributed by atoms with E-state index in [1.54, 1.807) is 0 Å². The molecule has 0 saturated carbocycles. The molecular weight excluding hydrogens is 224 g/mol. The van der Waals surface area contributed by atoms with Gasteiger partial charge in [-0.25, -0.2) is 0 Å². The van der Waals surface area contributed by atoms with Crippen molar-refractivity contribution in [2.45, 2.75) is 38.1 Å². The van der Waals surface area contributed by atoms with Gasteiger partial charge in [-0.3, -0.25) is 4.79 Å². The summed E-state index contributed by atoms with van der Waals surface area (Å²) in [6.07, 6.45) is 5.11. The van der Waals surface area contributed by atoms with Crippen molar-refractivity contribution < 1.29 is 4.79 Å². The quantitative estimate of drug-likeness (QED) is 0.861. The number of nitrogens with zero attached hydrogens (tertiary/aromatic N) is 1. The highest BCUT2D eigenvalue weighted by molar-refractivity contribution is 5.96. The van der Waals surface area contributed by atoms with Crippen LogP contribution in [-0.2, 0) is 17.6 Å². The van der Waals surface area contributed by atoms with E-state index in [4.69, 9.17) is 0 Å². The molecule has 1 aromatic carbocycles. The fourth-order valence-electron chi connectivity index (χ4n) is 3.17. The van der Waals surface area contributed by atoms with Crippen molar-refractivity contribution in [3.05, 3.63) is 29.3 Å². The molecule has 1 saturated heterocycles. The molecule has 2 heterocycles. The summed E-state index contributed by atoms with van der Waals surface area (Å²) in [5.74, 6) is 0.245. The number of nitrogens with one attached hydrogen (secondary N) is 1. The van der Waals surface area contributed by atoms with E-state index in [0.717, 1.165) is 19.4 Å². The van der Waals surface area contributed by atoms with E-state index in [-0.39, 0.29) is 5.91 Å². The predicted molar refractivity (Wildman–Crippen MR) is 72.9 cm³/mol. The number of benzene rings is 1. The predicted octanol–water partition coefficient (Wildman–Crippen LogP) is 1.89. The lowest BCUT2D eigenvalue weighted by Crippen LogP contribution is -2.33. The molecule has 3 nitrogen and oxygen atoms in total. The molecule has 1 unspecified atom stereocenters. The summed E-state index contributed by atoms with van der Waals surface area (Å²) in [5, 5.41) is 3.53. The largest absolute Gasteiger partial charge is 0.315 e. The van der Waals surface area contributed by atoms with Crippen LogP contribution in [0.3, 0.4) is 0 Å². The topological polar surface area (TPSA) is 32.3 Å². The van der Waals surface area contributed by atoms with Gasteiger partial charge in [0.05, 0.1) is 0 Å². The highest BCUT2D eigenvalue weighted by Crippen LogP contribution is 2.31. The van der Waals surface area contributed by atoms with Gasteiger partial charge in [0.1, 0.15) is 0 Å². The van der Waals surface area contributed by atoms with Gasteiger partial charge >= 0.3 is 0 Å². The lowest BCUT2D eigenvalue weighted by atomic mass is 9.94. The van der Waals surface area contributed by atoms with Crippen LogP contribution in [0.2, 0.25) is 0 Å². The minimum absolute atomic E-state index is 0.245. The van der Waals surface area contributed by atoms with Crippen molar-refractivity contribution >= 4 is 11.6 Å². The number of para-hydroxylation sites is 1. The Morgan fingerprint density at radius 1 is 1.39 bits per heavy atom. The third-order valence-corrected chi connectivity index (χ3v) is 4.15. The van der Waals surface area contributed by atoms with Gasteiger partial charge in [0.25, 0.3) is 0 Å². The lowest BCUT2D eigenvalue weighted by molar-refractivity contribution is -0.118. The number of rotatable bonds is 2. The monoisotopic (exact) mass is 244 g/mol. The number of amides is 1. The first-order chi connectivity index (χ1) is 8.75. The molecular formula is C15H20N2O. The summed E-state index contributed by atoms with van der Waals surface area (Å²) in [5.41, 5.74) is 3.82. The van der Waals surface area contributed by atoms with E-state index in [1.807, 2.05) is 11.9 Å². The molecule has 96 valence electrons. The number of anilines is 1. The minimum Gasteiger partial charge on any atom is -0.315 e. The average Bonchev–Trinajstić information content (AvgIpc) is 2.87. The molecule has 18 heavy (non-hydrogen) atoms. The first-order valence-corrected chi connectivity index (χ1v) is 6.86. The first kappa shape index (κ1) is 11.7. The zero-order valence-electron chi connectivity index (χ0n) is 10.9. The number of fused-ring (bicyclic) bond motifs is 1. The molecule has 1 amide bonds. The Bertz CT molecular complexity index is 464. The Morgan fingerprint density at radius 2 is 2.28 bits per heavy atom. The molecule has 0 aromatic heterocycles. The van der Waals surface area contributed by atoms with Gasteiger partial charge in [0.15, 0.2) is 0 Å². The van der Waals surface area contributed by atoms with Crippen LogP contribution >= 0.6 is 0 Å². The van der Waals surface area contributed by atoms with Gasteiger partial charge < -0.3 is 10.2 Å². The highest BCUT2D eigenvalue weighted by Gasteiger charge is 2.25. The van der Waals surface area contributed by atoms with Crippen molar-refractivity contribution in [3.63, 3.8) is 0 Å². The van der Waals surface area contributed by atoms with E-state index < -0.39 is 0 Å². The number of aryl methyl sites for hydroxylation is 1. The van der Waals surface area contributed by atoms with E-state index in [1.165, 1.54) is 29.7 Å². The number of carbonyl (C=O) groups excluding carboxylic acids is 1. The second-order valence-corrected chi connectivity index (χ2v) is 5.38. The molecule has 2 aliphatic heterocycles. The van der Waals surface area contributed by atoms with Crippen LogP contribution in [0.15, 0.2) is 18.2 Å². The zero-order valence-corrected chi connectivity index (χ0v) is 10.9. The third-order valence-electron chi connectivity index (χ3n) is 4.15. The molecule has 0 spiro atoms. The summed E-state index contributed by atoms with van der Waals surface area (Å²) in [7, 11) is 1.91. The first-order valence-electron chi connectivity index (χ1n) is 6.86. The van der Waals surface area contributed by atoms with E-state index in [2.05, 4.69) is 23.5 Å². The molecule has 0 bridgehead atoms. The lowest BCUT2D eigenvalue weighted by Gasteiger charge is -2.29. The van der Waals surface area contributed by atoms with E-state index >= 15 is 0 Å². The number of hydrogen-bond donors (Lipinski definition) is 1. The molecule has 0 radical (unpaired) electrons. The van der Waals surface area contributed by atoms with Crippen molar-refractivity contribution in [2.75, 3.05) is 18.5 Å². The Morgan fingerprint density at radius 3 is 3.06 bits per heavy atom. The molecule has 1 aromatic rings. The van der Waals surface area contributed by atoms with Crippen LogP contribution < -0.4 is 10.2 Å². The summed E-state index contributed by atoms with van der Waals surface area (Å²) in [6, 6.07) is 7.05. The summed E-state index contributed by atoms with van der Waals surface area (Å²) >= 11 is 0. The maximum absolute atomic E-state index is 11.9. The summed E-state index contributed by atoms with van der Waals surface area (Å²) in [6.45, 7) is 1.13. The SMILES string of the molecule is CN1C(=O)CCc2cccc(CC3CCCN3)c21. The summed E-state index contributed by atoms with van der Waals surface area (Å²) in [4.78, 5) is 13.7. The van der Waals surface area contributed by atoms with Gasteiger partial charge in [0, 0.05) is 25.2 Å². The fraction of sp³-hybridized carbons (Fsp3) is 0.533. The van der Waals surface area contributed by atoms with E-state index in [0.29, 0.717) is 12.5 Å². The van der Waals surface area contributed by atoms with Crippen molar-refractivity contribution in [2.24, 2.45) is 0 Å². The Balaban J connectivity index is 1.92. The average molecular weight is 244 g/mol. The maximum Gasteiger partial charge on any atom is 0.227 e. The minimum atomic E-state index is 0.245. The van der Waals surface area contributed by atoms with E-state index in [9.17, 15) is 4.79 Å². The Labute approximate surface area is 108 Å². The van der Waals surface area contributed by atoms with Crippen LogP contribution in [0.1, 0.15) is 30.4 Å². The van der Waals surface area contributed by atoms with Crippen LogP contribution in [0.5, 0.6) is 0 Å². The zero-order chi connectivity index (χ0) is 12.5. The van der Waals surface area contributed by atoms with Crippen LogP contribution in [0.25, 0.3) is 0 Å². The molecule has 0 aliphatic carbocycles. The second-order valence-electron chi connectivity index (χ2n) is 5.38. The smallest absolute Gasteiger partial charge is 0.227 e. The van der Waals surface area contributed by atoms with Crippen molar-refractivity contribution in [3.8, 4) is 0 Å². The third kappa shape index (κ3) is 2.03. The molecule has 1 N–H and O–H groups in total. The molecule has 3 rings (SSSR count). The number of carbonyl (C=O) groups is 1. The molecule has 2 aliphatic rings. The molecule has 1 atom stereocenters. The van der Waals surface area contributed by atoms with Gasteiger partial charge in [-0.2, -0.15) is 0 Å². The van der Waals surface area contributed by atoms with Gasteiger partial charge in [0.2, 0.25) is 5.91 Å². The molecule has 3 heteroatoms. The van der Waals surface area contributed by atoms with Gasteiger partial charge in [-0.05, 0) is 43.4 Å². The second kappa shape index (κ2) is 4.73. The van der Waals surface area contributed by atoms with Crippen LogP contribution in [0.4, 0.5) is 5.69 Å². The normalized spacial score (nSPS) is 23.3. The fourth-order valence-corrected chi connectivity index (χ4v) is 3.17. The van der Waals surface area contributed by atoms with Crippen molar-refractivity contribution in [1.82, 2.24) is 5.32 Å². The Kier molecular flexibility index (Phi) is 3.08. The van der Waals surface area contributed by atoms with Crippen LogP contribution in [-0.4, -0.2) is 25.5 Å². The van der Waals surface area contributed by atoms with Gasteiger partial charge in [-0.15, -0.1) is 0 Å². The van der Waals surface area contributed by atoms with Crippen molar-refractivity contribution in [1.29, 1.82) is 0 Å².